The highest BCUT2D eigenvalue weighted by molar-refractivity contribution is 5.47. The van der Waals surface area contributed by atoms with E-state index in [-0.39, 0.29) is 0 Å². The summed E-state index contributed by atoms with van der Waals surface area (Å²) in [5.41, 5.74) is 1.38. The second kappa shape index (κ2) is 4.83. The van der Waals surface area contributed by atoms with Crippen LogP contribution in [0.25, 0.3) is 0 Å². The van der Waals surface area contributed by atoms with Gasteiger partial charge in [0.05, 0.1) is 0 Å². The molecule has 1 aromatic rings. The zero-order valence-electron chi connectivity index (χ0n) is 10.5. The lowest BCUT2D eigenvalue weighted by Crippen LogP contribution is -2.25. The van der Waals surface area contributed by atoms with Gasteiger partial charge < -0.3 is 4.90 Å². The summed E-state index contributed by atoms with van der Waals surface area (Å²) < 4.78 is 0. The molecule has 1 aliphatic rings. The average molecular weight is 219 g/mol. The molecule has 0 aromatic carbocycles. The highest BCUT2D eigenvalue weighted by atomic mass is 15.2. The molecule has 16 heavy (non-hydrogen) atoms. The lowest BCUT2D eigenvalue weighted by atomic mass is 10.1. The molecule has 88 valence electrons. The first-order valence-corrected chi connectivity index (χ1v) is 6.10. The van der Waals surface area contributed by atoms with Gasteiger partial charge in [0.25, 0.3) is 0 Å². The van der Waals surface area contributed by atoms with E-state index in [9.17, 15) is 0 Å². The van der Waals surface area contributed by atoms with Crippen LogP contribution in [-0.2, 0) is 0 Å². The van der Waals surface area contributed by atoms with Crippen molar-refractivity contribution in [3.63, 3.8) is 0 Å². The van der Waals surface area contributed by atoms with E-state index in [1.807, 2.05) is 6.20 Å². The van der Waals surface area contributed by atoms with E-state index in [1.165, 1.54) is 24.9 Å². The molecule has 0 radical (unpaired) electrons. The summed E-state index contributed by atoms with van der Waals surface area (Å²) in [5.74, 6) is 1.12. The van der Waals surface area contributed by atoms with Gasteiger partial charge in [0.15, 0.2) is 0 Å². The summed E-state index contributed by atoms with van der Waals surface area (Å²) in [6.45, 7) is 4.60. The number of nitrogens with zero attached hydrogens (tertiary/aromatic N) is 3. The van der Waals surface area contributed by atoms with Crippen LogP contribution in [0, 0.1) is 0 Å². The average Bonchev–Trinajstić information content (AvgIpc) is 2.76. The van der Waals surface area contributed by atoms with Crippen LogP contribution in [-0.4, -0.2) is 37.1 Å². The largest absolute Gasteiger partial charge is 0.362 e. The lowest BCUT2D eigenvalue weighted by molar-refractivity contribution is 0.271. The van der Waals surface area contributed by atoms with Crippen LogP contribution in [0.5, 0.6) is 0 Å². The Hall–Kier alpha value is -1.09. The molecular formula is C13H21N3. The lowest BCUT2D eigenvalue weighted by Gasteiger charge is -2.26. The van der Waals surface area contributed by atoms with Gasteiger partial charge in [-0.05, 0) is 32.0 Å². The first-order chi connectivity index (χ1) is 7.74. The second-order valence-corrected chi connectivity index (χ2v) is 4.60. The maximum Gasteiger partial charge on any atom is 0.132 e. The van der Waals surface area contributed by atoms with E-state index in [0.717, 1.165) is 12.4 Å². The molecule has 1 aliphatic heterocycles. The normalized spacial score (nSPS) is 21.3. The van der Waals surface area contributed by atoms with E-state index >= 15 is 0 Å². The summed E-state index contributed by atoms with van der Waals surface area (Å²) in [7, 11) is 4.13. The summed E-state index contributed by atoms with van der Waals surface area (Å²) in [4.78, 5) is 9.15. The third-order valence-electron chi connectivity index (χ3n) is 3.37. The molecule has 1 saturated heterocycles. The Morgan fingerprint density at radius 1 is 1.50 bits per heavy atom. The third-order valence-corrected chi connectivity index (χ3v) is 3.37. The molecule has 0 aliphatic carbocycles. The van der Waals surface area contributed by atoms with Crippen LogP contribution < -0.4 is 4.90 Å². The van der Waals surface area contributed by atoms with Crippen molar-refractivity contribution in [1.29, 1.82) is 0 Å². The summed E-state index contributed by atoms with van der Waals surface area (Å²) in [6.07, 6.45) is 4.45. The molecular weight excluding hydrogens is 198 g/mol. The highest BCUT2D eigenvalue weighted by Gasteiger charge is 2.27. The third kappa shape index (κ3) is 2.05. The van der Waals surface area contributed by atoms with Crippen molar-refractivity contribution in [3.8, 4) is 0 Å². The fourth-order valence-electron chi connectivity index (χ4n) is 2.60. The van der Waals surface area contributed by atoms with Crippen molar-refractivity contribution >= 4 is 5.82 Å². The van der Waals surface area contributed by atoms with Crippen molar-refractivity contribution < 1.29 is 0 Å². The van der Waals surface area contributed by atoms with Crippen molar-refractivity contribution in [2.45, 2.75) is 25.8 Å². The minimum atomic E-state index is 0.566. The Kier molecular flexibility index (Phi) is 3.44. The molecule has 0 amide bonds. The Balaban J connectivity index is 2.32. The van der Waals surface area contributed by atoms with Crippen LogP contribution in [0.1, 0.15) is 31.4 Å². The van der Waals surface area contributed by atoms with Crippen molar-refractivity contribution in [2.75, 3.05) is 32.1 Å². The van der Waals surface area contributed by atoms with Gasteiger partial charge >= 0.3 is 0 Å². The summed E-state index contributed by atoms with van der Waals surface area (Å²) in [6, 6.07) is 4.84. The zero-order chi connectivity index (χ0) is 11.5. The van der Waals surface area contributed by atoms with Crippen LogP contribution in [0.3, 0.4) is 0 Å². The Morgan fingerprint density at radius 3 is 3.00 bits per heavy atom. The number of rotatable bonds is 3. The number of anilines is 1. The molecule has 2 rings (SSSR count). The molecule has 1 atom stereocenters. The van der Waals surface area contributed by atoms with Gasteiger partial charge in [-0.3, -0.25) is 4.90 Å². The van der Waals surface area contributed by atoms with E-state index < -0.39 is 0 Å². The second-order valence-electron chi connectivity index (χ2n) is 4.60. The molecule has 1 fully saturated rings. The summed E-state index contributed by atoms with van der Waals surface area (Å²) >= 11 is 0. The molecule has 3 heteroatoms. The number of hydrogen-bond donors (Lipinski definition) is 0. The molecule has 0 saturated carbocycles. The quantitative estimate of drug-likeness (QED) is 0.777. The van der Waals surface area contributed by atoms with Gasteiger partial charge in [-0.2, -0.15) is 0 Å². The predicted molar refractivity (Wildman–Crippen MR) is 67.8 cm³/mol. The van der Waals surface area contributed by atoms with Crippen LogP contribution in [0.4, 0.5) is 5.82 Å². The molecule has 3 nitrogen and oxygen atoms in total. The smallest absolute Gasteiger partial charge is 0.132 e. The monoisotopic (exact) mass is 219 g/mol. The molecule has 2 heterocycles. The maximum atomic E-state index is 4.49. The van der Waals surface area contributed by atoms with Gasteiger partial charge in [0.2, 0.25) is 0 Å². The van der Waals surface area contributed by atoms with Gasteiger partial charge in [0.1, 0.15) is 5.82 Å². The first-order valence-electron chi connectivity index (χ1n) is 6.10. The standard InChI is InChI=1S/C13H21N3/c1-4-16-10-6-8-12(16)11-7-5-9-14-13(11)15(2)3/h5,7,9,12H,4,6,8,10H2,1-3H3. The first kappa shape index (κ1) is 11.4. The Morgan fingerprint density at radius 2 is 2.31 bits per heavy atom. The molecule has 1 unspecified atom stereocenters. The topological polar surface area (TPSA) is 19.4 Å². The Bertz CT molecular complexity index is 349. The number of likely N-dealkylation sites (tertiary alicyclic amines) is 1. The SMILES string of the molecule is CCN1CCCC1c1cccnc1N(C)C. The minimum absolute atomic E-state index is 0.566. The van der Waals surface area contributed by atoms with Gasteiger partial charge in [-0.25, -0.2) is 4.98 Å². The van der Waals surface area contributed by atoms with Gasteiger partial charge in [0, 0.05) is 31.9 Å². The van der Waals surface area contributed by atoms with Crippen molar-refractivity contribution in [3.05, 3.63) is 23.9 Å². The highest BCUT2D eigenvalue weighted by Crippen LogP contribution is 2.35. The van der Waals surface area contributed by atoms with Crippen LogP contribution >= 0.6 is 0 Å². The fraction of sp³-hybridized carbons (Fsp3) is 0.615. The van der Waals surface area contributed by atoms with Crippen molar-refractivity contribution in [2.24, 2.45) is 0 Å². The number of hydrogen-bond acceptors (Lipinski definition) is 3. The zero-order valence-corrected chi connectivity index (χ0v) is 10.5. The fourth-order valence-corrected chi connectivity index (χ4v) is 2.60. The molecule has 1 aromatic heterocycles. The maximum absolute atomic E-state index is 4.49. The molecule has 0 N–H and O–H groups in total. The van der Waals surface area contributed by atoms with Crippen LogP contribution in [0.15, 0.2) is 18.3 Å². The van der Waals surface area contributed by atoms with Crippen LogP contribution in [0.2, 0.25) is 0 Å². The minimum Gasteiger partial charge on any atom is -0.362 e. The predicted octanol–water partition coefficient (Wildman–Crippen LogP) is 2.30. The van der Waals surface area contributed by atoms with Gasteiger partial charge in [-0.1, -0.05) is 13.0 Å². The molecule has 0 bridgehead atoms. The van der Waals surface area contributed by atoms with E-state index in [0.29, 0.717) is 6.04 Å². The van der Waals surface area contributed by atoms with E-state index in [2.05, 4.69) is 47.9 Å². The Labute approximate surface area is 98.1 Å². The van der Waals surface area contributed by atoms with Crippen molar-refractivity contribution in [1.82, 2.24) is 9.88 Å². The molecule has 0 spiro atoms. The number of aromatic nitrogens is 1. The van der Waals surface area contributed by atoms with E-state index in [1.54, 1.807) is 0 Å². The van der Waals surface area contributed by atoms with Gasteiger partial charge in [-0.15, -0.1) is 0 Å². The number of pyridine rings is 1. The summed E-state index contributed by atoms with van der Waals surface area (Å²) in [5, 5.41) is 0. The van der Waals surface area contributed by atoms with E-state index in [4.69, 9.17) is 0 Å².